The highest BCUT2D eigenvalue weighted by Gasteiger charge is 2.34. The zero-order valence-corrected chi connectivity index (χ0v) is 25.7. The summed E-state index contributed by atoms with van der Waals surface area (Å²) in [5, 5.41) is 14.6. The summed E-state index contributed by atoms with van der Waals surface area (Å²) >= 11 is 12.8. The summed E-state index contributed by atoms with van der Waals surface area (Å²) in [5.41, 5.74) is 0.351. The first-order valence-corrected chi connectivity index (χ1v) is 14.9. The average molecular weight is 638 g/mol. The predicted octanol–water partition coefficient (Wildman–Crippen LogP) is 4.97. The average Bonchev–Trinajstić information content (AvgIpc) is 2.96. The van der Waals surface area contributed by atoms with Crippen molar-refractivity contribution in [3.05, 3.63) is 92.0 Å². The van der Waals surface area contributed by atoms with Crippen LogP contribution in [0, 0.1) is 17.0 Å². The molecule has 14 heteroatoms. The highest BCUT2D eigenvalue weighted by Crippen LogP contribution is 2.31. The molecule has 0 radical (unpaired) electrons. The zero-order valence-electron chi connectivity index (χ0n) is 23.3. The minimum atomic E-state index is -4.53. The van der Waals surface area contributed by atoms with Gasteiger partial charge in [0.1, 0.15) is 18.3 Å². The van der Waals surface area contributed by atoms with Crippen molar-refractivity contribution in [3.8, 4) is 5.75 Å². The Balaban J connectivity index is 2.15. The molecule has 0 saturated carbocycles. The highest BCUT2D eigenvalue weighted by atomic mass is 35.5. The van der Waals surface area contributed by atoms with Crippen molar-refractivity contribution in [2.45, 2.75) is 37.8 Å². The third kappa shape index (κ3) is 7.12. The molecule has 11 nitrogen and oxygen atoms in total. The van der Waals surface area contributed by atoms with Gasteiger partial charge in [0.05, 0.1) is 22.6 Å². The molecule has 0 aromatic heterocycles. The number of hydrogen-bond acceptors (Lipinski definition) is 7. The van der Waals surface area contributed by atoms with Crippen molar-refractivity contribution < 1.29 is 27.7 Å². The number of rotatable bonds is 12. The second-order valence-corrected chi connectivity index (χ2v) is 11.9. The van der Waals surface area contributed by atoms with Gasteiger partial charge in [-0.2, -0.15) is 0 Å². The molecular formula is C28H30Cl2N4O7S. The van der Waals surface area contributed by atoms with E-state index in [4.69, 9.17) is 27.9 Å². The molecule has 3 aromatic rings. The molecule has 0 aliphatic rings. The van der Waals surface area contributed by atoms with Crippen molar-refractivity contribution in [1.29, 1.82) is 0 Å². The van der Waals surface area contributed by atoms with Gasteiger partial charge in [0, 0.05) is 40.8 Å². The number of benzene rings is 3. The number of nitrogens with one attached hydrogen (secondary N) is 1. The van der Waals surface area contributed by atoms with Crippen LogP contribution in [0.25, 0.3) is 0 Å². The largest absolute Gasteiger partial charge is 0.497 e. The van der Waals surface area contributed by atoms with Crippen molar-refractivity contribution in [1.82, 2.24) is 10.2 Å². The normalized spacial score (nSPS) is 11.9. The molecule has 0 spiro atoms. The monoisotopic (exact) mass is 636 g/mol. The van der Waals surface area contributed by atoms with E-state index in [1.807, 2.05) is 0 Å². The van der Waals surface area contributed by atoms with Crippen molar-refractivity contribution in [2.24, 2.45) is 0 Å². The number of sulfonamides is 1. The van der Waals surface area contributed by atoms with Crippen LogP contribution in [0.4, 0.5) is 11.4 Å². The fraction of sp³-hybridized carbons (Fsp3) is 0.286. The molecule has 1 N–H and O–H groups in total. The lowest BCUT2D eigenvalue weighted by molar-refractivity contribution is -0.385. The molecule has 0 saturated heterocycles. The summed E-state index contributed by atoms with van der Waals surface area (Å²) in [6.45, 7) is 2.26. The number of nitro groups is 1. The van der Waals surface area contributed by atoms with E-state index in [1.54, 1.807) is 25.1 Å². The number of carbonyl (C=O) groups is 2. The minimum absolute atomic E-state index is 0.0936. The van der Waals surface area contributed by atoms with Crippen molar-refractivity contribution >= 4 is 56.4 Å². The number of halogens is 2. The van der Waals surface area contributed by atoms with Gasteiger partial charge in [0.25, 0.3) is 15.7 Å². The topological polar surface area (TPSA) is 139 Å². The van der Waals surface area contributed by atoms with Crippen LogP contribution in [0.5, 0.6) is 5.75 Å². The van der Waals surface area contributed by atoms with E-state index in [1.165, 1.54) is 62.4 Å². The minimum Gasteiger partial charge on any atom is -0.497 e. The van der Waals surface area contributed by atoms with E-state index in [2.05, 4.69) is 5.32 Å². The van der Waals surface area contributed by atoms with Crippen LogP contribution in [0.3, 0.4) is 0 Å². The van der Waals surface area contributed by atoms with Gasteiger partial charge in [-0.15, -0.1) is 0 Å². The first kappa shape index (κ1) is 32.6. The predicted molar refractivity (Wildman–Crippen MR) is 161 cm³/mol. The van der Waals surface area contributed by atoms with Gasteiger partial charge < -0.3 is 15.0 Å². The van der Waals surface area contributed by atoms with Crippen LogP contribution in [-0.2, 0) is 26.2 Å². The number of carbonyl (C=O) groups excluding carboxylic acids is 2. The Morgan fingerprint density at radius 2 is 1.69 bits per heavy atom. The van der Waals surface area contributed by atoms with E-state index in [-0.39, 0.29) is 39.2 Å². The maximum atomic E-state index is 14.0. The van der Waals surface area contributed by atoms with Crippen LogP contribution in [0.1, 0.15) is 24.5 Å². The summed E-state index contributed by atoms with van der Waals surface area (Å²) < 4.78 is 34.0. The number of hydrogen-bond donors (Lipinski definition) is 1. The third-order valence-electron chi connectivity index (χ3n) is 6.63. The fourth-order valence-electron chi connectivity index (χ4n) is 4.29. The molecule has 42 heavy (non-hydrogen) atoms. The first-order valence-electron chi connectivity index (χ1n) is 12.7. The lowest BCUT2D eigenvalue weighted by atomic mass is 10.1. The number of aryl methyl sites for hydroxylation is 1. The molecule has 1 atom stereocenters. The van der Waals surface area contributed by atoms with E-state index in [9.17, 15) is 28.1 Å². The van der Waals surface area contributed by atoms with Crippen LogP contribution in [0.15, 0.2) is 65.6 Å². The zero-order chi connectivity index (χ0) is 31.2. The Bertz CT molecular complexity index is 1560. The van der Waals surface area contributed by atoms with E-state index in [0.29, 0.717) is 11.3 Å². The summed E-state index contributed by atoms with van der Waals surface area (Å²) in [6.07, 6.45) is 0.201. The van der Waals surface area contributed by atoms with Crippen LogP contribution in [0.2, 0.25) is 10.0 Å². The summed E-state index contributed by atoms with van der Waals surface area (Å²) in [5.74, 6) is -0.765. The van der Waals surface area contributed by atoms with Crippen LogP contribution < -0.4 is 14.4 Å². The van der Waals surface area contributed by atoms with Crippen LogP contribution >= 0.6 is 23.2 Å². The maximum Gasteiger partial charge on any atom is 0.273 e. The Labute approximate surface area is 254 Å². The molecule has 224 valence electrons. The molecule has 0 bridgehead atoms. The molecular weight excluding hydrogens is 607 g/mol. The van der Waals surface area contributed by atoms with Gasteiger partial charge in [-0.1, -0.05) is 42.3 Å². The number of nitro benzene ring substituents is 1. The second kappa shape index (κ2) is 13.9. The lowest BCUT2D eigenvalue weighted by Gasteiger charge is -2.33. The Kier molecular flexibility index (Phi) is 10.8. The Hall–Kier alpha value is -3.87. The number of likely N-dealkylation sites (N-methyl/N-ethyl adjacent to an activating group) is 1. The van der Waals surface area contributed by atoms with E-state index < -0.39 is 45.0 Å². The van der Waals surface area contributed by atoms with E-state index >= 15 is 0 Å². The summed E-state index contributed by atoms with van der Waals surface area (Å²) in [7, 11) is -1.67. The summed E-state index contributed by atoms with van der Waals surface area (Å²) in [6, 6.07) is 13.2. The quantitative estimate of drug-likeness (QED) is 0.219. The van der Waals surface area contributed by atoms with Gasteiger partial charge in [-0.05, 0) is 55.8 Å². The van der Waals surface area contributed by atoms with E-state index in [0.717, 1.165) is 10.4 Å². The Morgan fingerprint density at radius 1 is 1.07 bits per heavy atom. The Morgan fingerprint density at radius 3 is 2.21 bits per heavy atom. The number of methoxy groups -OCH3 is 1. The maximum absolute atomic E-state index is 14.0. The van der Waals surface area contributed by atoms with Gasteiger partial charge in [-0.3, -0.25) is 24.0 Å². The molecule has 3 aromatic carbocycles. The molecule has 0 aliphatic carbocycles. The molecule has 0 fully saturated rings. The summed E-state index contributed by atoms with van der Waals surface area (Å²) in [4.78, 5) is 38.6. The molecule has 3 rings (SSSR count). The number of amides is 2. The van der Waals surface area contributed by atoms with Crippen molar-refractivity contribution in [2.75, 3.05) is 25.0 Å². The highest BCUT2D eigenvalue weighted by molar-refractivity contribution is 7.92. The molecule has 0 unspecified atom stereocenters. The standard InChI is InChI=1S/C28H30Cl2N4O7S/c1-5-25(28(36)31-3)32(16-22-23(29)7-6-8-24(22)30)27(35)17-33(19-10-12-20(41-4)13-11-19)42(39,40)21-14-9-18(2)26(15-21)34(37)38/h6-15,25H,5,16-17H2,1-4H3,(H,31,36)/t25-/m1/s1. The molecule has 0 aliphatic heterocycles. The number of nitrogens with zero attached hydrogens (tertiary/aromatic N) is 3. The van der Waals surface area contributed by atoms with Gasteiger partial charge >= 0.3 is 0 Å². The first-order chi connectivity index (χ1) is 19.8. The van der Waals surface area contributed by atoms with Gasteiger partial charge in [0.2, 0.25) is 11.8 Å². The van der Waals surface area contributed by atoms with Gasteiger partial charge in [-0.25, -0.2) is 8.42 Å². The smallest absolute Gasteiger partial charge is 0.273 e. The SMILES string of the molecule is CC[C@H](C(=O)NC)N(Cc1c(Cl)cccc1Cl)C(=O)CN(c1ccc(OC)cc1)S(=O)(=O)c1ccc(C)c([N+](=O)[O-])c1. The van der Waals surface area contributed by atoms with Crippen LogP contribution in [-0.4, -0.2) is 56.8 Å². The van der Waals surface area contributed by atoms with Crippen molar-refractivity contribution in [3.63, 3.8) is 0 Å². The second-order valence-electron chi connectivity index (χ2n) is 9.18. The van der Waals surface area contributed by atoms with Gasteiger partial charge in [0.15, 0.2) is 0 Å². The number of ether oxygens (including phenoxy) is 1. The number of anilines is 1. The molecule has 0 heterocycles. The lowest BCUT2D eigenvalue weighted by Crippen LogP contribution is -2.51. The molecule has 2 amide bonds. The fourth-order valence-corrected chi connectivity index (χ4v) is 6.24. The third-order valence-corrected chi connectivity index (χ3v) is 9.11.